The number of aliphatic imine (C=N–C) groups is 1. The molecule has 0 fully saturated rings. The van der Waals surface area contributed by atoms with Gasteiger partial charge in [-0.05, 0) is 42.8 Å². The highest BCUT2D eigenvalue weighted by molar-refractivity contribution is 14.0. The summed E-state index contributed by atoms with van der Waals surface area (Å²) >= 11 is 3.34. The van der Waals surface area contributed by atoms with Crippen molar-refractivity contribution in [2.24, 2.45) is 10.7 Å². The first-order chi connectivity index (χ1) is 13.0. The lowest BCUT2D eigenvalue weighted by Gasteiger charge is -2.11. The van der Waals surface area contributed by atoms with Crippen LogP contribution in [-0.2, 0) is 0 Å². The number of halogens is 2. The van der Waals surface area contributed by atoms with Crippen LogP contribution in [-0.4, -0.2) is 39.2 Å². The second-order valence-electron chi connectivity index (χ2n) is 5.58. The van der Waals surface area contributed by atoms with E-state index in [1.165, 1.54) is 0 Å². The van der Waals surface area contributed by atoms with Crippen LogP contribution in [0.25, 0.3) is 0 Å². The van der Waals surface area contributed by atoms with Gasteiger partial charge in [0.25, 0.3) is 5.91 Å². The number of hydrogen-bond acceptors (Lipinski definition) is 4. The van der Waals surface area contributed by atoms with Gasteiger partial charge in [-0.15, -0.1) is 24.0 Å². The number of carbonyl (C=O) groups excluding carboxylic acids is 1. The number of amides is 1. The van der Waals surface area contributed by atoms with E-state index in [2.05, 4.69) is 31.6 Å². The maximum Gasteiger partial charge on any atom is 0.251 e. The van der Waals surface area contributed by atoms with Gasteiger partial charge < -0.3 is 25.8 Å². The lowest BCUT2D eigenvalue weighted by molar-refractivity contribution is 0.0953. The molecule has 0 saturated carbocycles. The van der Waals surface area contributed by atoms with Crippen LogP contribution in [0.2, 0.25) is 0 Å². The molecule has 0 aromatic heterocycles. The Hall–Kier alpha value is -2.01. The molecule has 28 heavy (non-hydrogen) atoms. The summed E-state index contributed by atoms with van der Waals surface area (Å²) in [6, 6.07) is 12.6. The molecule has 2 aromatic carbocycles. The van der Waals surface area contributed by atoms with Crippen LogP contribution in [0, 0.1) is 0 Å². The second-order valence-corrected chi connectivity index (χ2v) is 6.49. The van der Waals surface area contributed by atoms with E-state index in [4.69, 9.17) is 15.2 Å². The van der Waals surface area contributed by atoms with Gasteiger partial charge in [-0.3, -0.25) is 9.79 Å². The molecule has 0 aliphatic heterocycles. The van der Waals surface area contributed by atoms with E-state index in [0.717, 1.165) is 10.2 Å². The SMILES string of the molecule is COc1ccc(NC(N)=NCCCNC(=O)c2ccc(Br)cc2)cc1OC.I. The van der Waals surface area contributed by atoms with Crippen molar-refractivity contribution in [2.75, 3.05) is 32.6 Å². The molecular weight excluding hydrogens is 539 g/mol. The molecule has 2 aromatic rings. The monoisotopic (exact) mass is 562 g/mol. The average Bonchev–Trinajstić information content (AvgIpc) is 2.68. The molecule has 0 heterocycles. The van der Waals surface area contributed by atoms with Crippen LogP contribution in [0.15, 0.2) is 51.9 Å². The number of nitrogens with one attached hydrogen (secondary N) is 2. The highest BCUT2D eigenvalue weighted by Crippen LogP contribution is 2.29. The second kappa shape index (κ2) is 12.4. The zero-order valence-electron chi connectivity index (χ0n) is 15.7. The van der Waals surface area contributed by atoms with Crippen LogP contribution >= 0.6 is 39.9 Å². The first-order valence-corrected chi connectivity index (χ1v) is 9.15. The molecule has 2 rings (SSSR count). The number of anilines is 1. The molecule has 0 aliphatic carbocycles. The predicted octanol–water partition coefficient (Wildman–Crippen LogP) is 3.63. The molecule has 0 atom stereocenters. The predicted molar refractivity (Wildman–Crippen MR) is 126 cm³/mol. The number of rotatable bonds is 8. The summed E-state index contributed by atoms with van der Waals surface area (Å²) < 4.78 is 11.4. The van der Waals surface area contributed by atoms with Crippen molar-refractivity contribution in [3.05, 3.63) is 52.5 Å². The quantitative estimate of drug-likeness (QED) is 0.197. The fourth-order valence-electron chi connectivity index (χ4n) is 2.29. The lowest BCUT2D eigenvalue weighted by Crippen LogP contribution is -2.26. The van der Waals surface area contributed by atoms with Gasteiger partial charge in [-0.25, -0.2) is 0 Å². The van der Waals surface area contributed by atoms with Crippen molar-refractivity contribution >= 4 is 57.5 Å². The van der Waals surface area contributed by atoms with Gasteiger partial charge in [0.1, 0.15) is 0 Å². The van der Waals surface area contributed by atoms with Crippen LogP contribution in [0.4, 0.5) is 5.69 Å². The third-order valence-corrected chi connectivity index (χ3v) is 4.19. The molecule has 0 aliphatic rings. The van der Waals surface area contributed by atoms with Crippen LogP contribution in [0.1, 0.15) is 16.8 Å². The Kier molecular flexibility index (Phi) is 10.7. The molecule has 152 valence electrons. The summed E-state index contributed by atoms with van der Waals surface area (Å²) in [5, 5.41) is 5.85. The minimum Gasteiger partial charge on any atom is -0.493 e. The van der Waals surface area contributed by atoms with Crippen molar-refractivity contribution in [3.8, 4) is 11.5 Å². The number of ether oxygens (including phenoxy) is 2. The van der Waals surface area contributed by atoms with Crippen molar-refractivity contribution in [1.82, 2.24) is 5.32 Å². The maximum atomic E-state index is 12.0. The number of benzene rings is 2. The Bertz CT molecular complexity index is 800. The standard InChI is InChI=1S/C19H23BrN4O3.HI/c1-26-16-9-8-15(12-17(16)27-2)24-19(21)23-11-3-10-22-18(25)13-4-6-14(20)7-5-13;/h4-9,12H,3,10-11H2,1-2H3,(H,22,25)(H3,21,23,24);1H. The van der Waals surface area contributed by atoms with E-state index in [-0.39, 0.29) is 29.9 Å². The molecule has 9 heteroatoms. The van der Waals surface area contributed by atoms with E-state index in [1.54, 1.807) is 38.5 Å². The summed E-state index contributed by atoms with van der Waals surface area (Å²) in [6.45, 7) is 1.01. The molecule has 0 radical (unpaired) electrons. The Morgan fingerprint density at radius 1 is 1.11 bits per heavy atom. The fraction of sp³-hybridized carbons (Fsp3) is 0.263. The minimum atomic E-state index is -0.108. The first kappa shape index (κ1) is 24.0. The largest absolute Gasteiger partial charge is 0.493 e. The highest BCUT2D eigenvalue weighted by atomic mass is 127. The first-order valence-electron chi connectivity index (χ1n) is 8.36. The van der Waals surface area contributed by atoms with Gasteiger partial charge in [0, 0.05) is 34.9 Å². The zero-order chi connectivity index (χ0) is 19.6. The van der Waals surface area contributed by atoms with Gasteiger partial charge >= 0.3 is 0 Å². The molecule has 0 bridgehead atoms. The number of carbonyl (C=O) groups is 1. The van der Waals surface area contributed by atoms with Crippen LogP contribution < -0.4 is 25.8 Å². The lowest BCUT2D eigenvalue weighted by atomic mass is 10.2. The van der Waals surface area contributed by atoms with E-state index < -0.39 is 0 Å². The van der Waals surface area contributed by atoms with Gasteiger partial charge in [0.05, 0.1) is 14.2 Å². The third-order valence-electron chi connectivity index (χ3n) is 3.66. The number of nitrogens with zero attached hydrogens (tertiary/aromatic N) is 1. The van der Waals surface area contributed by atoms with E-state index in [0.29, 0.717) is 42.5 Å². The fourth-order valence-corrected chi connectivity index (χ4v) is 2.55. The molecule has 1 amide bonds. The Morgan fingerprint density at radius 2 is 1.79 bits per heavy atom. The summed E-state index contributed by atoms with van der Waals surface area (Å²) in [7, 11) is 3.15. The van der Waals surface area contributed by atoms with Gasteiger partial charge in [-0.1, -0.05) is 15.9 Å². The minimum absolute atomic E-state index is 0. The summed E-state index contributed by atoms with van der Waals surface area (Å²) in [5.74, 6) is 1.43. The van der Waals surface area contributed by atoms with Crippen molar-refractivity contribution in [3.63, 3.8) is 0 Å². The van der Waals surface area contributed by atoms with Gasteiger partial charge in [0.15, 0.2) is 17.5 Å². The van der Waals surface area contributed by atoms with Gasteiger partial charge in [0.2, 0.25) is 0 Å². The van der Waals surface area contributed by atoms with Crippen molar-refractivity contribution in [2.45, 2.75) is 6.42 Å². The van der Waals surface area contributed by atoms with Crippen molar-refractivity contribution in [1.29, 1.82) is 0 Å². The molecule has 4 N–H and O–H groups in total. The molecule has 0 spiro atoms. The van der Waals surface area contributed by atoms with E-state index in [1.807, 2.05) is 18.2 Å². The summed E-state index contributed by atoms with van der Waals surface area (Å²) in [5.41, 5.74) is 7.26. The molecular formula is C19H24BrIN4O3. The highest BCUT2D eigenvalue weighted by Gasteiger charge is 2.06. The number of nitrogens with two attached hydrogens (primary N) is 1. The summed E-state index contributed by atoms with van der Waals surface area (Å²) in [6.07, 6.45) is 0.677. The zero-order valence-corrected chi connectivity index (χ0v) is 19.6. The number of guanidine groups is 1. The Morgan fingerprint density at radius 3 is 2.43 bits per heavy atom. The summed E-state index contributed by atoms with van der Waals surface area (Å²) in [4.78, 5) is 16.2. The average molecular weight is 563 g/mol. The molecule has 0 unspecified atom stereocenters. The molecule has 7 nitrogen and oxygen atoms in total. The number of methoxy groups -OCH3 is 2. The van der Waals surface area contributed by atoms with Crippen LogP contribution in [0.5, 0.6) is 11.5 Å². The van der Waals surface area contributed by atoms with Crippen LogP contribution in [0.3, 0.4) is 0 Å². The normalized spacial score (nSPS) is 10.6. The third kappa shape index (κ3) is 7.55. The maximum absolute atomic E-state index is 12.0. The van der Waals surface area contributed by atoms with E-state index in [9.17, 15) is 4.79 Å². The molecule has 0 saturated heterocycles. The van der Waals surface area contributed by atoms with Gasteiger partial charge in [-0.2, -0.15) is 0 Å². The Labute approximate surface area is 190 Å². The number of hydrogen-bond donors (Lipinski definition) is 3. The Balaban J connectivity index is 0.00000392. The topological polar surface area (TPSA) is 98.0 Å². The van der Waals surface area contributed by atoms with Crippen molar-refractivity contribution < 1.29 is 14.3 Å². The smallest absolute Gasteiger partial charge is 0.251 e. The van der Waals surface area contributed by atoms with E-state index >= 15 is 0 Å².